The zero-order chi connectivity index (χ0) is 16.7. The standard InChI is InChI=1S/C16H28N2O5/c1-2-17-15(20)9-12-3-4-13(14(10-19)23-12)18-16(21)11-5-7-22-8-6-11/h11-14,19H,2-10H2,1H3,(H,17,20)(H,18,21)/t12-,13+,14-/m1/s1. The first-order valence-electron chi connectivity index (χ1n) is 8.55. The fourth-order valence-electron chi connectivity index (χ4n) is 3.18. The Hall–Kier alpha value is -1.18. The summed E-state index contributed by atoms with van der Waals surface area (Å²) in [5, 5.41) is 15.3. The number of ether oxygens (including phenoxy) is 2. The molecular weight excluding hydrogens is 300 g/mol. The average molecular weight is 328 g/mol. The van der Waals surface area contributed by atoms with Gasteiger partial charge in [-0.2, -0.15) is 0 Å². The number of carbonyl (C=O) groups is 2. The number of hydrogen-bond donors (Lipinski definition) is 3. The van der Waals surface area contributed by atoms with Gasteiger partial charge in [-0.25, -0.2) is 0 Å². The van der Waals surface area contributed by atoms with Gasteiger partial charge in [-0.05, 0) is 32.6 Å². The first-order valence-corrected chi connectivity index (χ1v) is 8.55. The van der Waals surface area contributed by atoms with Crippen LogP contribution in [0.4, 0.5) is 0 Å². The van der Waals surface area contributed by atoms with Crippen LogP contribution in [-0.4, -0.2) is 61.5 Å². The van der Waals surface area contributed by atoms with Crippen LogP contribution in [0.5, 0.6) is 0 Å². The summed E-state index contributed by atoms with van der Waals surface area (Å²) in [6.45, 7) is 3.55. The van der Waals surface area contributed by atoms with Crippen molar-refractivity contribution in [3.63, 3.8) is 0 Å². The second-order valence-corrected chi connectivity index (χ2v) is 6.22. The van der Waals surface area contributed by atoms with Crippen molar-refractivity contribution in [3.05, 3.63) is 0 Å². The van der Waals surface area contributed by atoms with Crippen molar-refractivity contribution in [1.29, 1.82) is 0 Å². The quantitative estimate of drug-likeness (QED) is 0.636. The molecule has 3 atom stereocenters. The van der Waals surface area contributed by atoms with Gasteiger partial charge in [0, 0.05) is 25.7 Å². The van der Waals surface area contributed by atoms with Gasteiger partial charge in [0.25, 0.3) is 0 Å². The molecule has 0 radical (unpaired) electrons. The van der Waals surface area contributed by atoms with E-state index in [1.165, 1.54) is 0 Å². The highest BCUT2D eigenvalue weighted by molar-refractivity contribution is 5.79. The van der Waals surface area contributed by atoms with Gasteiger partial charge in [-0.1, -0.05) is 0 Å². The summed E-state index contributed by atoms with van der Waals surface area (Å²) in [4.78, 5) is 23.9. The summed E-state index contributed by atoms with van der Waals surface area (Å²) in [6.07, 6.45) is 2.54. The number of amides is 2. The molecule has 2 amide bonds. The lowest BCUT2D eigenvalue weighted by atomic mass is 9.94. The molecule has 132 valence electrons. The maximum atomic E-state index is 12.3. The number of nitrogens with one attached hydrogen (secondary N) is 2. The maximum Gasteiger partial charge on any atom is 0.223 e. The molecule has 0 saturated carbocycles. The predicted molar refractivity (Wildman–Crippen MR) is 83.8 cm³/mol. The van der Waals surface area contributed by atoms with Crippen LogP contribution in [0.2, 0.25) is 0 Å². The molecule has 0 aromatic rings. The second-order valence-electron chi connectivity index (χ2n) is 6.22. The molecule has 0 spiro atoms. The molecule has 0 aliphatic carbocycles. The summed E-state index contributed by atoms with van der Waals surface area (Å²) < 4.78 is 11.1. The third-order valence-corrected chi connectivity index (χ3v) is 4.50. The van der Waals surface area contributed by atoms with Crippen LogP contribution in [0.3, 0.4) is 0 Å². The van der Waals surface area contributed by atoms with Gasteiger partial charge in [-0.3, -0.25) is 9.59 Å². The first-order chi connectivity index (χ1) is 11.1. The summed E-state index contributed by atoms with van der Waals surface area (Å²) in [6, 6.07) is -0.194. The van der Waals surface area contributed by atoms with Gasteiger partial charge in [0.05, 0.1) is 25.2 Å². The Balaban J connectivity index is 1.81. The van der Waals surface area contributed by atoms with Crippen LogP contribution >= 0.6 is 0 Å². The largest absolute Gasteiger partial charge is 0.394 e. The molecule has 2 heterocycles. The Bertz CT molecular complexity index is 398. The third kappa shape index (κ3) is 5.44. The zero-order valence-electron chi connectivity index (χ0n) is 13.8. The van der Waals surface area contributed by atoms with Gasteiger partial charge < -0.3 is 25.2 Å². The molecule has 7 nitrogen and oxygen atoms in total. The van der Waals surface area contributed by atoms with Crippen LogP contribution in [0.25, 0.3) is 0 Å². The molecule has 2 aliphatic rings. The van der Waals surface area contributed by atoms with Crippen LogP contribution in [0, 0.1) is 5.92 Å². The van der Waals surface area contributed by atoms with Gasteiger partial charge in [0.15, 0.2) is 0 Å². The molecule has 2 saturated heterocycles. The van der Waals surface area contributed by atoms with Gasteiger partial charge in [-0.15, -0.1) is 0 Å². The van der Waals surface area contributed by atoms with Crippen molar-refractivity contribution in [2.24, 2.45) is 5.92 Å². The summed E-state index contributed by atoms with van der Waals surface area (Å²) in [5.41, 5.74) is 0. The van der Waals surface area contributed by atoms with Crippen molar-refractivity contribution in [1.82, 2.24) is 10.6 Å². The summed E-state index contributed by atoms with van der Waals surface area (Å²) >= 11 is 0. The van der Waals surface area contributed by atoms with Crippen LogP contribution in [0.15, 0.2) is 0 Å². The van der Waals surface area contributed by atoms with Crippen molar-refractivity contribution in [3.8, 4) is 0 Å². The molecule has 0 aromatic heterocycles. The minimum Gasteiger partial charge on any atom is -0.394 e. The molecular formula is C16H28N2O5. The Kier molecular flexibility index (Phi) is 7.26. The highest BCUT2D eigenvalue weighted by Gasteiger charge is 2.34. The minimum atomic E-state index is -0.452. The molecule has 23 heavy (non-hydrogen) atoms. The molecule has 0 bridgehead atoms. The normalized spacial score (nSPS) is 29.0. The van der Waals surface area contributed by atoms with Crippen LogP contribution < -0.4 is 10.6 Å². The van der Waals surface area contributed by atoms with Gasteiger partial charge in [0.1, 0.15) is 6.10 Å². The molecule has 2 rings (SSSR count). The highest BCUT2D eigenvalue weighted by Crippen LogP contribution is 2.23. The van der Waals surface area contributed by atoms with Crippen molar-refractivity contribution < 1.29 is 24.2 Å². The van der Waals surface area contributed by atoms with E-state index in [9.17, 15) is 14.7 Å². The molecule has 0 aromatic carbocycles. The van der Waals surface area contributed by atoms with Crippen molar-refractivity contribution in [2.75, 3.05) is 26.4 Å². The van der Waals surface area contributed by atoms with E-state index in [1.54, 1.807) is 0 Å². The van der Waals surface area contributed by atoms with E-state index in [2.05, 4.69) is 10.6 Å². The van der Waals surface area contributed by atoms with Crippen molar-refractivity contribution >= 4 is 11.8 Å². The molecule has 3 N–H and O–H groups in total. The summed E-state index contributed by atoms with van der Waals surface area (Å²) in [7, 11) is 0. The summed E-state index contributed by atoms with van der Waals surface area (Å²) in [5.74, 6) is -0.0439. The molecule has 0 unspecified atom stereocenters. The molecule has 2 aliphatic heterocycles. The monoisotopic (exact) mass is 328 g/mol. The lowest BCUT2D eigenvalue weighted by molar-refractivity contribution is -0.138. The lowest BCUT2D eigenvalue weighted by Gasteiger charge is -2.36. The van der Waals surface area contributed by atoms with E-state index in [-0.39, 0.29) is 36.5 Å². The Morgan fingerprint density at radius 3 is 2.57 bits per heavy atom. The number of aliphatic hydroxyl groups is 1. The lowest BCUT2D eigenvalue weighted by Crippen LogP contribution is -2.53. The van der Waals surface area contributed by atoms with E-state index in [0.717, 1.165) is 12.8 Å². The second kappa shape index (κ2) is 9.20. The fraction of sp³-hybridized carbons (Fsp3) is 0.875. The fourth-order valence-corrected chi connectivity index (χ4v) is 3.18. The number of hydrogen-bond acceptors (Lipinski definition) is 5. The highest BCUT2D eigenvalue weighted by atomic mass is 16.5. The third-order valence-electron chi connectivity index (χ3n) is 4.50. The SMILES string of the molecule is CCNC(=O)C[C@H]1CC[C@H](NC(=O)C2CCOCC2)[C@@H](CO)O1. The average Bonchev–Trinajstić information content (AvgIpc) is 2.57. The maximum absolute atomic E-state index is 12.3. The van der Waals surface area contributed by atoms with E-state index >= 15 is 0 Å². The van der Waals surface area contributed by atoms with Gasteiger partial charge >= 0.3 is 0 Å². The van der Waals surface area contributed by atoms with E-state index < -0.39 is 6.10 Å². The Labute approximate surface area is 137 Å². The van der Waals surface area contributed by atoms with E-state index in [0.29, 0.717) is 39.0 Å². The first kappa shape index (κ1) is 18.2. The number of rotatable bonds is 6. The van der Waals surface area contributed by atoms with Crippen LogP contribution in [0.1, 0.15) is 39.0 Å². The van der Waals surface area contributed by atoms with Crippen molar-refractivity contribution in [2.45, 2.75) is 57.3 Å². The zero-order valence-corrected chi connectivity index (χ0v) is 13.8. The minimum absolute atomic E-state index is 0.0162. The van der Waals surface area contributed by atoms with Gasteiger partial charge in [0.2, 0.25) is 11.8 Å². The van der Waals surface area contributed by atoms with E-state index in [4.69, 9.17) is 9.47 Å². The Morgan fingerprint density at radius 2 is 1.91 bits per heavy atom. The smallest absolute Gasteiger partial charge is 0.223 e. The molecule has 7 heteroatoms. The topological polar surface area (TPSA) is 96.9 Å². The van der Waals surface area contributed by atoms with E-state index in [1.807, 2.05) is 6.92 Å². The number of carbonyl (C=O) groups excluding carboxylic acids is 2. The van der Waals surface area contributed by atoms with Crippen LogP contribution in [-0.2, 0) is 19.1 Å². The number of aliphatic hydroxyl groups excluding tert-OH is 1. The Morgan fingerprint density at radius 1 is 1.17 bits per heavy atom. The molecule has 2 fully saturated rings. The predicted octanol–water partition coefficient (Wildman–Crippen LogP) is -0.0361.